The monoisotopic (exact) mass is 280 g/mol. The average molecular weight is 281 g/mol. The lowest BCUT2D eigenvalue weighted by Crippen LogP contribution is -2.16. The van der Waals surface area contributed by atoms with Gasteiger partial charge in [0.25, 0.3) is 0 Å². The van der Waals surface area contributed by atoms with Crippen molar-refractivity contribution >= 4 is 19.7 Å². The Morgan fingerprint density at radius 1 is 1.47 bits per heavy atom. The van der Waals surface area contributed by atoms with Gasteiger partial charge in [-0.15, -0.1) is 0 Å². The first kappa shape index (κ1) is 14.3. The maximum atomic E-state index is 12.8. The Hall–Kier alpha value is -0.810. The quantitative estimate of drug-likeness (QED) is 0.779. The largest absolute Gasteiger partial charge is 0.493 e. The number of hydrogen-bond acceptors (Lipinski definition) is 3. The smallest absolute Gasteiger partial charge is 0.232 e. The average Bonchev–Trinajstić information content (AvgIpc) is 2.13. The molecule has 0 aliphatic carbocycles. The summed E-state index contributed by atoms with van der Waals surface area (Å²) in [5.41, 5.74) is 0.672. The molecular formula is C11H14ClFO3S. The maximum Gasteiger partial charge on any atom is 0.232 e. The molecule has 0 aromatic heterocycles. The Labute approximate surface area is 105 Å². The zero-order chi connectivity index (χ0) is 13.1. The Kier molecular flexibility index (Phi) is 4.77. The number of ether oxygens (including phenoxy) is 1. The highest BCUT2D eigenvalue weighted by Crippen LogP contribution is 2.19. The van der Waals surface area contributed by atoms with E-state index in [4.69, 9.17) is 15.4 Å². The summed E-state index contributed by atoms with van der Waals surface area (Å²) in [5.74, 6) is -0.146. The van der Waals surface area contributed by atoms with E-state index in [9.17, 15) is 12.8 Å². The first-order chi connectivity index (χ1) is 7.78. The van der Waals surface area contributed by atoms with Crippen molar-refractivity contribution in [2.45, 2.75) is 13.8 Å². The molecule has 6 heteroatoms. The minimum absolute atomic E-state index is 0.144. The third kappa shape index (κ3) is 5.37. The molecule has 0 aliphatic rings. The van der Waals surface area contributed by atoms with Gasteiger partial charge in [-0.25, -0.2) is 12.8 Å². The normalized spacial score (nSPS) is 13.4. The summed E-state index contributed by atoms with van der Waals surface area (Å²) in [7, 11) is 1.62. The highest BCUT2D eigenvalue weighted by molar-refractivity contribution is 8.13. The van der Waals surface area contributed by atoms with Crippen LogP contribution < -0.4 is 4.74 Å². The Morgan fingerprint density at radius 3 is 2.65 bits per heavy atom. The molecule has 96 valence electrons. The van der Waals surface area contributed by atoms with E-state index in [1.165, 1.54) is 18.2 Å². The fourth-order valence-corrected chi connectivity index (χ4v) is 2.82. The minimum Gasteiger partial charge on any atom is -0.493 e. The van der Waals surface area contributed by atoms with Crippen LogP contribution in [0.5, 0.6) is 5.75 Å². The van der Waals surface area contributed by atoms with Gasteiger partial charge < -0.3 is 4.74 Å². The predicted octanol–water partition coefficient (Wildman–Crippen LogP) is 2.72. The second kappa shape index (κ2) is 5.69. The van der Waals surface area contributed by atoms with E-state index in [2.05, 4.69) is 0 Å². The molecular weight excluding hydrogens is 267 g/mol. The molecule has 1 aromatic carbocycles. The first-order valence-corrected chi connectivity index (χ1v) is 7.57. The second-order valence-corrected chi connectivity index (χ2v) is 6.85. The van der Waals surface area contributed by atoms with Crippen molar-refractivity contribution in [2.24, 2.45) is 5.92 Å². The number of aryl methyl sites for hydroxylation is 1. The standard InChI is InChI=1S/C11H14ClFO3S/c1-8(7-17(12,14)15)6-16-11-4-3-10(13)5-9(11)2/h3-5,8H,6-7H2,1-2H3. The van der Waals surface area contributed by atoms with Crippen LogP contribution in [-0.2, 0) is 9.05 Å². The van der Waals surface area contributed by atoms with E-state index in [0.717, 1.165) is 0 Å². The molecule has 3 nitrogen and oxygen atoms in total. The summed E-state index contributed by atoms with van der Waals surface area (Å²) in [5, 5.41) is 0. The van der Waals surface area contributed by atoms with Gasteiger partial charge in [0, 0.05) is 16.6 Å². The van der Waals surface area contributed by atoms with E-state index >= 15 is 0 Å². The van der Waals surface area contributed by atoms with Crippen LogP contribution in [0, 0.1) is 18.7 Å². The van der Waals surface area contributed by atoms with Gasteiger partial charge in [-0.2, -0.15) is 0 Å². The van der Waals surface area contributed by atoms with Crippen LogP contribution in [0.4, 0.5) is 4.39 Å². The van der Waals surface area contributed by atoms with Crippen molar-refractivity contribution in [3.8, 4) is 5.75 Å². The lowest BCUT2D eigenvalue weighted by molar-refractivity contribution is 0.270. The molecule has 0 radical (unpaired) electrons. The van der Waals surface area contributed by atoms with Gasteiger partial charge >= 0.3 is 0 Å². The van der Waals surface area contributed by atoms with E-state index in [1.807, 2.05) is 0 Å². The van der Waals surface area contributed by atoms with Crippen LogP contribution in [0.3, 0.4) is 0 Å². The van der Waals surface area contributed by atoms with Crippen LogP contribution in [0.25, 0.3) is 0 Å². The fourth-order valence-electron chi connectivity index (χ4n) is 1.39. The molecule has 0 saturated heterocycles. The topological polar surface area (TPSA) is 43.4 Å². The van der Waals surface area contributed by atoms with Crippen LogP contribution in [0.1, 0.15) is 12.5 Å². The zero-order valence-corrected chi connectivity index (χ0v) is 11.2. The van der Waals surface area contributed by atoms with E-state index in [0.29, 0.717) is 11.3 Å². The molecule has 0 saturated carbocycles. The third-order valence-electron chi connectivity index (χ3n) is 2.14. The molecule has 0 heterocycles. The lowest BCUT2D eigenvalue weighted by atomic mass is 10.2. The van der Waals surface area contributed by atoms with Crippen molar-refractivity contribution < 1.29 is 17.5 Å². The predicted molar refractivity (Wildman–Crippen MR) is 65.4 cm³/mol. The van der Waals surface area contributed by atoms with Gasteiger partial charge in [0.05, 0.1) is 12.4 Å². The molecule has 0 bridgehead atoms. The van der Waals surface area contributed by atoms with Crippen molar-refractivity contribution in [1.82, 2.24) is 0 Å². The van der Waals surface area contributed by atoms with Crippen LogP contribution in [0.2, 0.25) is 0 Å². The highest BCUT2D eigenvalue weighted by atomic mass is 35.7. The van der Waals surface area contributed by atoms with Gasteiger partial charge in [-0.05, 0) is 30.7 Å². The molecule has 0 amide bonds. The van der Waals surface area contributed by atoms with E-state index < -0.39 is 9.05 Å². The van der Waals surface area contributed by atoms with Gasteiger partial charge in [0.15, 0.2) is 0 Å². The molecule has 1 aromatic rings. The van der Waals surface area contributed by atoms with Gasteiger partial charge in [-0.1, -0.05) is 6.92 Å². The SMILES string of the molecule is Cc1cc(F)ccc1OCC(C)CS(=O)(=O)Cl. The van der Waals surface area contributed by atoms with Crippen molar-refractivity contribution in [3.63, 3.8) is 0 Å². The maximum absolute atomic E-state index is 12.8. The summed E-state index contributed by atoms with van der Waals surface area (Å²) in [6.45, 7) is 3.67. The summed E-state index contributed by atoms with van der Waals surface area (Å²) in [6.07, 6.45) is 0. The highest BCUT2D eigenvalue weighted by Gasteiger charge is 2.13. The second-order valence-electron chi connectivity index (χ2n) is 4.03. The Bertz CT molecular complexity index is 487. The molecule has 1 unspecified atom stereocenters. The van der Waals surface area contributed by atoms with Crippen LogP contribution >= 0.6 is 10.7 Å². The molecule has 0 N–H and O–H groups in total. The zero-order valence-electron chi connectivity index (χ0n) is 9.61. The molecule has 1 atom stereocenters. The minimum atomic E-state index is -3.51. The number of halogens is 2. The summed E-state index contributed by atoms with van der Waals surface area (Å²) < 4.78 is 39.9. The first-order valence-electron chi connectivity index (χ1n) is 5.09. The number of rotatable bonds is 5. The van der Waals surface area contributed by atoms with Gasteiger partial charge in [0.2, 0.25) is 9.05 Å². The lowest BCUT2D eigenvalue weighted by Gasteiger charge is -2.13. The van der Waals surface area contributed by atoms with E-state index in [1.54, 1.807) is 13.8 Å². The fraction of sp³-hybridized carbons (Fsp3) is 0.455. The Morgan fingerprint density at radius 2 is 2.12 bits per heavy atom. The van der Waals surface area contributed by atoms with Crippen LogP contribution in [-0.4, -0.2) is 20.8 Å². The summed E-state index contributed by atoms with van der Waals surface area (Å²) in [6, 6.07) is 4.18. The molecule has 1 rings (SSSR count). The molecule has 0 fully saturated rings. The number of benzene rings is 1. The summed E-state index contributed by atoms with van der Waals surface area (Å²) in [4.78, 5) is 0. The Balaban J connectivity index is 2.56. The number of hydrogen-bond donors (Lipinski definition) is 0. The molecule has 0 spiro atoms. The van der Waals surface area contributed by atoms with Crippen molar-refractivity contribution in [2.75, 3.05) is 12.4 Å². The van der Waals surface area contributed by atoms with Crippen molar-refractivity contribution in [1.29, 1.82) is 0 Å². The van der Waals surface area contributed by atoms with Gasteiger partial charge in [-0.3, -0.25) is 0 Å². The van der Waals surface area contributed by atoms with Crippen LogP contribution in [0.15, 0.2) is 18.2 Å². The molecule has 17 heavy (non-hydrogen) atoms. The summed E-state index contributed by atoms with van der Waals surface area (Å²) >= 11 is 0. The van der Waals surface area contributed by atoms with E-state index in [-0.39, 0.29) is 24.1 Å². The van der Waals surface area contributed by atoms with Crippen molar-refractivity contribution in [3.05, 3.63) is 29.6 Å². The molecule has 0 aliphatic heterocycles. The third-order valence-corrected chi connectivity index (χ3v) is 3.49. The van der Waals surface area contributed by atoms with Gasteiger partial charge in [0.1, 0.15) is 11.6 Å².